The zero-order chi connectivity index (χ0) is 19.7. The number of hydrogen-bond donors (Lipinski definition) is 2. The van der Waals surface area contributed by atoms with Gasteiger partial charge in [0.1, 0.15) is 5.82 Å². The van der Waals surface area contributed by atoms with Gasteiger partial charge in [0.2, 0.25) is 0 Å². The van der Waals surface area contributed by atoms with Crippen LogP contribution in [0, 0.1) is 5.82 Å². The summed E-state index contributed by atoms with van der Waals surface area (Å²) in [6, 6.07) is 12.7. The predicted molar refractivity (Wildman–Crippen MR) is 103 cm³/mol. The van der Waals surface area contributed by atoms with Crippen LogP contribution in [0.15, 0.2) is 54.6 Å². The number of aromatic nitrogens is 2. The molecule has 142 valence electrons. The lowest BCUT2D eigenvalue weighted by atomic mass is 10.00. The van der Waals surface area contributed by atoms with Crippen molar-refractivity contribution < 1.29 is 19.1 Å². The van der Waals surface area contributed by atoms with Gasteiger partial charge in [-0.15, -0.1) is 5.10 Å². The Morgan fingerprint density at radius 2 is 1.86 bits per heavy atom. The van der Waals surface area contributed by atoms with E-state index in [2.05, 4.69) is 10.4 Å². The molecule has 0 aliphatic carbocycles. The molecule has 2 amide bonds. The highest BCUT2D eigenvalue weighted by Crippen LogP contribution is 2.25. The Labute approximate surface area is 159 Å². The van der Waals surface area contributed by atoms with Crippen LogP contribution in [0.25, 0.3) is 16.5 Å². The molecule has 2 heterocycles. The van der Waals surface area contributed by atoms with Gasteiger partial charge in [0, 0.05) is 18.5 Å². The Kier molecular flexibility index (Phi) is 4.52. The molecule has 8 heteroatoms. The number of amides is 2. The molecule has 2 aromatic carbocycles. The summed E-state index contributed by atoms with van der Waals surface area (Å²) in [6.45, 7) is 0.892. The van der Waals surface area contributed by atoms with Crippen LogP contribution >= 0.6 is 0 Å². The second-order valence-corrected chi connectivity index (χ2v) is 6.42. The second kappa shape index (κ2) is 7.15. The predicted octanol–water partition coefficient (Wildman–Crippen LogP) is 4.02. The molecule has 1 aromatic heterocycles. The van der Waals surface area contributed by atoms with Crippen molar-refractivity contribution in [3.63, 3.8) is 0 Å². The highest BCUT2D eigenvalue weighted by Gasteiger charge is 2.21. The molecule has 0 spiro atoms. The van der Waals surface area contributed by atoms with Crippen molar-refractivity contribution in [1.82, 2.24) is 14.7 Å². The maximum Gasteiger partial charge on any atom is 0.432 e. The van der Waals surface area contributed by atoms with E-state index in [1.807, 2.05) is 6.08 Å². The van der Waals surface area contributed by atoms with Crippen LogP contribution in [0.1, 0.15) is 12.0 Å². The van der Waals surface area contributed by atoms with Crippen LogP contribution in [0.3, 0.4) is 0 Å². The van der Waals surface area contributed by atoms with Crippen molar-refractivity contribution in [3.8, 4) is 0 Å². The van der Waals surface area contributed by atoms with E-state index in [1.165, 1.54) is 12.1 Å². The molecule has 1 aliphatic heterocycles. The molecule has 0 saturated heterocycles. The van der Waals surface area contributed by atoms with E-state index in [-0.39, 0.29) is 17.7 Å². The van der Waals surface area contributed by atoms with E-state index in [1.54, 1.807) is 41.3 Å². The molecular weight excluding hydrogens is 363 g/mol. The Balaban J connectivity index is 1.50. The zero-order valence-electron chi connectivity index (χ0n) is 14.8. The van der Waals surface area contributed by atoms with E-state index in [4.69, 9.17) is 0 Å². The fourth-order valence-electron chi connectivity index (χ4n) is 3.26. The first kappa shape index (κ1) is 17.7. The minimum Gasteiger partial charge on any atom is -0.463 e. The number of carbonyl (C=O) groups is 2. The third kappa shape index (κ3) is 3.32. The highest BCUT2D eigenvalue weighted by atomic mass is 19.1. The quantitative estimate of drug-likeness (QED) is 0.703. The Hall–Kier alpha value is -3.68. The first-order chi connectivity index (χ1) is 13.5. The average molecular weight is 380 g/mol. The largest absolute Gasteiger partial charge is 0.463 e. The second-order valence-electron chi connectivity index (χ2n) is 6.42. The van der Waals surface area contributed by atoms with Crippen LogP contribution in [0.5, 0.6) is 0 Å². The highest BCUT2D eigenvalue weighted by molar-refractivity contribution is 6.01. The average Bonchev–Trinajstić information content (AvgIpc) is 3.08. The molecule has 4 rings (SSSR count). The van der Waals surface area contributed by atoms with Gasteiger partial charge in [-0.2, -0.15) is 4.68 Å². The minimum absolute atomic E-state index is 0.205. The zero-order valence-corrected chi connectivity index (χ0v) is 14.8. The van der Waals surface area contributed by atoms with E-state index >= 15 is 0 Å². The number of benzene rings is 2. The number of halogens is 1. The number of urea groups is 1. The number of anilines is 1. The molecule has 0 fully saturated rings. The molecule has 3 aromatic rings. The summed E-state index contributed by atoms with van der Waals surface area (Å²) >= 11 is 0. The standard InChI is InChI=1S/C20H17FN4O3/c21-15-7-5-13(6-8-15)14-9-11-24(12-10-14)19(26)22-18-16-3-1-2-4-17(16)25(23-18)20(27)28/h1-9H,10-12H2,(H,27,28)(H,22,23,26). The first-order valence-electron chi connectivity index (χ1n) is 8.75. The number of nitrogens with zero attached hydrogens (tertiary/aromatic N) is 3. The lowest BCUT2D eigenvalue weighted by Gasteiger charge is -2.26. The fraction of sp³-hybridized carbons (Fsp3) is 0.150. The Morgan fingerprint density at radius 1 is 1.11 bits per heavy atom. The van der Waals surface area contributed by atoms with Gasteiger partial charge in [-0.3, -0.25) is 5.32 Å². The van der Waals surface area contributed by atoms with Crippen LogP contribution in [0.4, 0.5) is 19.8 Å². The summed E-state index contributed by atoms with van der Waals surface area (Å²) in [4.78, 5) is 25.6. The van der Waals surface area contributed by atoms with Crippen molar-refractivity contribution in [2.45, 2.75) is 6.42 Å². The summed E-state index contributed by atoms with van der Waals surface area (Å²) in [5, 5.41) is 16.5. The molecule has 7 nitrogen and oxygen atoms in total. The van der Waals surface area contributed by atoms with Gasteiger partial charge in [-0.05, 0) is 41.8 Å². The Morgan fingerprint density at radius 3 is 2.54 bits per heavy atom. The molecular formula is C20H17FN4O3. The number of hydrogen-bond acceptors (Lipinski definition) is 3. The van der Waals surface area contributed by atoms with Crippen molar-refractivity contribution in [1.29, 1.82) is 0 Å². The molecule has 0 bridgehead atoms. The number of fused-ring (bicyclic) bond motifs is 1. The normalized spacial score (nSPS) is 14.0. The van der Waals surface area contributed by atoms with Crippen LogP contribution in [-0.2, 0) is 0 Å². The van der Waals surface area contributed by atoms with Gasteiger partial charge in [0.05, 0.1) is 5.52 Å². The van der Waals surface area contributed by atoms with E-state index in [0.717, 1.165) is 15.8 Å². The summed E-state index contributed by atoms with van der Waals surface area (Å²) in [6.07, 6.45) is 1.36. The van der Waals surface area contributed by atoms with Crippen LogP contribution < -0.4 is 5.32 Å². The van der Waals surface area contributed by atoms with E-state index in [9.17, 15) is 19.1 Å². The fourth-order valence-corrected chi connectivity index (χ4v) is 3.26. The van der Waals surface area contributed by atoms with Gasteiger partial charge in [0.25, 0.3) is 0 Å². The smallest absolute Gasteiger partial charge is 0.432 e. The Bertz CT molecular complexity index is 1090. The maximum absolute atomic E-state index is 13.1. The molecule has 0 atom stereocenters. The van der Waals surface area contributed by atoms with Crippen molar-refractivity contribution in [2.75, 3.05) is 18.4 Å². The number of carboxylic acid groups (broad SMARTS) is 1. The molecule has 0 radical (unpaired) electrons. The lowest BCUT2D eigenvalue weighted by molar-refractivity contribution is 0.194. The number of carbonyl (C=O) groups excluding carboxylic acids is 1. The van der Waals surface area contributed by atoms with Crippen molar-refractivity contribution in [3.05, 3.63) is 66.0 Å². The molecule has 1 aliphatic rings. The number of nitrogens with one attached hydrogen (secondary N) is 1. The third-order valence-electron chi connectivity index (χ3n) is 4.71. The van der Waals surface area contributed by atoms with Crippen molar-refractivity contribution in [2.24, 2.45) is 0 Å². The van der Waals surface area contributed by atoms with E-state index < -0.39 is 6.09 Å². The third-order valence-corrected chi connectivity index (χ3v) is 4.71. The molecule has 0 saturated carbocycles. The van der Waals surface area contributed by atoms with Gasteiger partial charge >= 0.3 is 12.1 Å². The SMILES string of the molecule is O=C(Nc1nn(C(=O)O)c2ccccc12)N1CC=C(c2ccc(F)cc2)CC1. The lowest BCUT2D eigenvalue weighted by Crippen LogP contribution is -2.38. The molecule has 28 heavy (non-hydrogen) atoms. The van der Waals surface area contributed by atoms with Crippen molar-refractivity contribution >= 4 is 34.4 Å². The van der Waals surface area contributed by atoms with Crippen LogP contribution in [-0.4, -0.2) is 45.0 Å². The van der Waals surface area contributed by atoms with Gasteiger partial charge in [-0.1, -0.05) is 30.3 Å². The van der Waals surface area contributed by atoms with Crippen LogP contribution in [0.2, 0.25) is 0 Å². The number of para-hydroxylation sites is 1. The topological polar surface area (TPSA) is 87.5 Å². The van der Waals surface area contributed by atoms with Gasteiger partial charge < -0.3 is 10.0 Å². The van der Waals surface area contributed by atoms with Gasteiger partial charge in [-0.25, -0.2) is 14.0 Å². The molecule has 0 unspecified atom stereocenters. The first-order valence-corrected chi connectivity index (χ1v) is 8.75. The monoisotopic (exact) mass is 380 g/mol. The van der Waals surface area contributed by atoms with Gasteiger partial charge in [0.15, 0.2) is 5.82 Å². The summed E-state index contributed by atoms with van der Waals surface area (Å²) < 4.78 is 13.9. The number of rotatable bonds is 2. The maximum atomic E-state index is 13.1. The summed E-state index contributed by atoms with van der Waals surface area (Å²) in [5.74, 6) is -0.0782. The minimum atomic E-state index is -1.22. The summed E-state index contributed by atoms with van der Waals surface area (Å²) in [5.41, 5.74) is 2.40. The van der Waals surface area contributed by atoms with E-state index in [0.29, 0.717) is 30.4 Å². The summed E-state index contributed by atoms with van der Waals surface area (Å²) in [7, 11) is 0. The molecule has 2 N–H and O–H groups in total.